The van der Waals surface area contributed by atoms with Gasteiger partial charge in [0.2, 0.25) is 5.78 Å². The normalized spacial score (nSPS) is 17.6. The average Bonchev–Trinajstić information content (AvgIpc) is 3.35. The molecule has 27 heavy (non-hydrogen) atoms. The van der Waals surface area contributed by atoms with Crippen molar-refractivity contribution in [2.24, 2.45) is 7.05 Å². The standard InChI is InChI=1S/C19H27N5O3/c1-5-6-9-22-17(25)15-16(21(4)19(22)26)20-18-23(11-14-8-7-10-27-14)12(2)13(3)24(15)18/h14H,5-11H2,1-4H3/t14-/m0/s1. The number of unbranched alkanes of at least 4 members (excludes halogenated alkanes) is 1. The zero-order valence-corrected chi connectivity index (χ0v) is 16.5. The lowest BCUT2D eigenvalue weighted by Gasteiger charge is -2.12. The number of imidazole rings is 2. The maximum Gasteiger partial charge on any atom is 0.332 e. The molecule has 1 atom stereocenters. The van der Waals surface area contributed by atoms with Crippen LogP contribution in [0.15, 0.2) is 9.59 Å². The van der Waals surface area contributed by atoms with Gasteiger partial charge in [-0.25, -0.2) is 4.79 Å². The summed E-state index contributed by atoms with van der Waals surface area (Å²) in [5, 5.41) is 0. The minimum atomic E-state index is -0.304. The first-order chi connectivity index (χ1) is 13.0. The van der Waals surface area contributed by atoms with Crippen LogP contribution in [0.4, 0.5) is 0 Å². The monoisotopic (exact) mass is 373 g/mol. The van der Waals surface area contributed by atoms with Gasteiger partial charge in [-0.05, 0) is 33.1 Å². The van der Waals surface area contributed by atoms with E-state index in [-0.39, 0.29) is 17.4 Å². The first kappa shape index (κ1) is 18.0. The van der Waals surface area contributed by atoms with Crippen LogP contribution < -0.4 is 11.2 Å². The molecule has 4 heterocycles. The van der Waals surface area contributed by atoms with Crippen LogP contribution in [0, 0.1) is 13.8 Å². The average molecular weight is 373 g/mol. The van der Waals surface area contributed by atoms with Crippen molar-refractivity contribution in [2.45, 2.75) is 65.6 Å². The highest BCUT2D eigenvalue weighted by atomic mass is 16.5. The van der Waals surface area contributed by atoms with Crippen LogP contribution in [0.2, 0.25) is 0 Å². The van der Waals surface area contributed by atoms with Crippen molar-refractivity contribution in [3.8, 4) is 0 Å². The Morgan fingerprint density at radius 3 is 2.63 bits per heavy atom. The van der Waals surface area contributed by atoms with Gasteiger partial charge in [0.1, 0.15) is 0 Å². The summed E-state index contributed by atoms with van der Waals surface area (Å²) in [6.45, 7) is 8.03. The largest absolute Gasteiger partial charge is 0.376 e. The van der Waals surface area contributed by atoms with Gasteiger partial charge in [-0.1, -0.05) is 13.3 Å². The lowest BCUT2D eigenvalue weighted by Crippen LogP contribution is -2.39. The molecule has 0 N–H and O–H groups in total. The summed E-state index contributed by atoms with van der Waals surface area (Å²) in [5.74, 6) is 0.704. The number of rotatable bonds is 5. The van der Waals surface area contributed by atoms with Crippen LogP contribution in [0.1, 0.15) is 44.0 Å². The topological polar surface area (TPSA) is 75.5 Å². The molecule has 0 unspecified atom stereocenters. The Morgan fingerprint density at radius 2 is 1.96 bits per heavy atom. The van der Waals surface area contributed by atoms with E-state index in [1.165, 1.54) is 9.13 Å². The van der Waals surface area contributed by atoms with Crippen LogP contribution in [0.5, 0.6) is 0 Å². The highest BCUT2D eigenvalue weighted by Crippen LogP contribution is 2.23. The van der Waals surface area contributed by atoms with Crippen LogP contribution in [0.3, 0.4) is 0 Å². The van der Waals surface area contributed by atoms with Gasteiger partial charge in [0.15, 0.2) is 11.2 Å². The van der Waals surface area contributed by atoms with E-state index in [2.05, 4.69) is 4.57 Å². The van der Waals surface area contributed by atoms with Gasteiger partial charge in [-0.2, -0.15) is 4.98 Å². The Kier molecular flexibility index (Phi) is 4.46. The fourth-order valence-electron chi connectivity index (χ4n) is 4.04. The van der Waals surface area contributed by atoms with Gasteiger partial charge >= 0.3 is 5.69 Å². The van der Waals surface area contributed by atoms with Crippen molar-refractivity contribution in [2.75, 3.05) is 6.61 Å². The number of nitrogens with zero attached hydrogens (tertiary/aromatic N) is 5. The summed E-state index contributed by atoms with van der Waals surface area (Å²) in [6.07, 6.45) is 3.99. The molecule has 0 aliphatic carbocycles. The maximum atomic E-state index is 13.2. The second kappa shape index (κ2) is 6.67. The number of hydrogen-bond donors (Lipinski definition) is 0. The molecular formula is C19H27N5O3. The minimum Gasteiger partial charge on any atom is -0.376 e. The fourth-order valence-corrected chi connectivity index (χ4v) is 4.04. The second-order valence-corrected chi connectivity index (χ2v) is 7.49. The molecule has 0 bridgehead atoms. The molecule has 3 aromatic rings. The molecule has 1 saturated heterocycles. The molecule has 8 heteroatoms. The Bertz CT molecular complexity index is 1120. The highest BCUT2D eigenvalue weighted by molar-refractivity contribution is 5.76. The third kappa shape index (κ3) is 2.65. The summed E-state index contributed by atoms with van der Waals surface area (Å²) in [6, 6.07) is 0. The van der Waals surface area contributed by atoms with E-state index in [1.54, 1.807) is 7.05 Å². The van der Waals surface area contributed by atoms with Crippen molar-refractivity contribution in [3.63, 3.8) is 0 Å². The van der Waals surface area contributed by atoms with Crippen LogP contribution in [0.25, 0.3) is 16.9 Å². The zero-order valence-electron chi connectivity index (χ0n) is 16.5. The number of ether oxygens (including phenoxy) is 1. The Hall–Kier alpha value is -2.35. The summed E-state index contributed by atoms with van der Waals surface area (Å²) in [5.41, 5.74) is 2.41. The zero-order chi connectivity index (χ0) is 19.3. The van der Waals surface area contributed by atoms with Gasteiger partial charge in [0.25, 0.3) is 5.56 Å². The van der Waals surface area contributed by atoms with Crippen molar-refractivity contribution < 1.29 is 4.74 Å². The molecule has 0 aromatic carbocycles. The quantitative estimate of drug-likeness (QED) is 0.683. The molecule has 1 fully saturated rings. The van der Waals surface area contributed by atoms with E-state index >= 15 is 0 Å². The van der Waals surface area contributed by atoms with E-state index in [9.17, 15) is 9.59 Å². The third-order valence-corrected chi connectivity index (χ3v) is 5.78. The van der Waals surface area contributed by atoms with Gasteiger partial charge in [0.05, 0.1) is 12.6 Å². The Labute approximate surface area is 157 Å². The first-order valence-corrected chi connectivity index (χ1v) is 9.75. The molecular weight excluding hydrogens is 346 g/mol. The van der Waals surface area contributed by atoms with Gasteiger partial charge in [0, 0.05) is 31.6 Å². The molecule has 3 aromatic heterocycles. The molecule has 8 nitrogen and oxygen atoms in total. The van der Waals surface area contributed by atoms with Crippen LogP contribution in [-0.2, 0) is 24.9 Å². The third-order valence-electron chi connectivity index (χ3n) is 5.78. The summed E-state index contributed by atoms with van der Waals surface area (Å²) in [7, 11) is 1.69. The highest BCUT2D eigenvalue weighted by Gasteiger charge is 2.25. The van der Waals surface area contributed by atoms with E-state index in [1.807, 2.05) is 25.2 Å². The number of fused-ring (bicyclic) bond motifs is 3. The lowest BCUT2D eigenvalue weighted by atomic mass is 10.2. The first-order valence-electron chi connectivity index (χ1n) is 9.75. The van der Waals surface area contributed by atoms with E-state index in [0.29, 0.717) is 30.0 Å². The molecule has 1 aliphatic heterocycles. The summed E-state index contributed by atoms with van der Waals surface area (Å²) < 4.78 is 12.6. The van der Waals surface area contributed by atoms with Gasteiger partial charge in [-0.3, -0.25) is 18.3 Å². The lowest BCUT2D eigenvalue weighted by molar-refractivity contribution is 0.0974. The second-order valence-electron chi connectivity index (χ2n) is 7.49. The predicted molar refractivity (Wildman–Crippen MR) is 104 cm³/mol. The Morgan fingerprint density at radius 1 is 1.19 bits per heavy atom. The van der Waals surface area contributed by atoms with E-state index in [4.69, 9.17) is 9.72 Å². The summed E-state index contributed by atoms with van der Waals surface area (Å²) >= 11 is 0. The summed E-state index contributed by atoms with van der Waals surface area (Å²) in [4.78, 5) is 30.5. The smallest absolute Gasteiger partial charge is 0.332 e. The molecule has 0 amide bonds. The number of hydrogen-bond acceptors (Lipinski definition) is 4. The van der Waals surface area contributed by atoms with Gasteiger partial charge < -0.3 is 9.30 Å². The number of aryl methyl sites for hydroxylation is 2. The SMILES string of the molecule is CCCCn1c(=O)c2c(nc3n(C[C@@H]4CCCO4)c(C)c(C)n23)n(C)c1=O. The number of aromatic nitrogens is 5. The minimum absolute atomic E-state index is 0.171. The van der Waals surface area contributed by atoms with Crippen molar-refractivity contribution >= 4 is 16.9 Å². The molecule has 146 valence electrons. The van der Waals surface area contributed by atoms with Crippen LogP contribution in [-0.4, -0.2) is 35.8 Å². The maximum absolute atomic E-state index is 13.2. The van der Waals surface area contributed by atoms with Crippen molar-refractivity contribution in [1.29, 1.82) is 0 Å². The fraction of sp³-hybridized carbons (Fsp3) is 0.632. The van der Waals surface area contributed by atoms with Crippen molar-refractivity contribution in [3.05, 3.63) is 32.2 Å². The molecule has 4 rings (SSSR count). The Balaban J connectivity index is 1.99. The molecule has 0 spiro atoms. The molecule has 0 saturated carbocycles. The predicted octanol–water partition coefficient (Wildman–Crippen LogP) is 1.75. The van der Waals surface area contributed by atoms with E-state index < -0.39 is 0 Å². The van der Waals surface area contributed by atoms with E-state index in [0.717, 1.165) is 43.7 Å². The van der Waals surface area contributed by atoms with Gasteiger partial charge in [-0.15, -0.1) is 0 Å². The molecule has 1 aliphatic rings. The molecule has 0 radical (unpaired) electrons. The van der Waals surface area contributed by atoms with Crippen molar-refractivity contribution in [1.82, 2.24) is 23.1 Å². The van der Waals surface area contributed by atoms with Crippen LogP contribution >= 0.6 is 0 Å².